The van der Waals surface area contributed by atoms with Gasteiger partial charge in [0.05, 0.1) is 12.9 Å². The van der Waals surface area contributed by atoms with E-state index in [1.165, 1.54) is 12.5 Å². The lowest BCUT2D eigenvalue weighted by atomic mass is 9.77. The predicted octanol–water partition coefficient (Wildman–Crippen LogP) is 6.13. The van der Waals surface area contributed by atoms with Crippen molar-refractivity contribution in [1.29, 1.82) is 0 Å². The van der Waals surface area contributed by atoms with Crippen LogP contribution in [0.15, 0.2) is 109 Å². The molecule has 4 aromatic rings. The molecule has 0 saturated carbocycles. The number of nitrogens with zero attached hydrogens (tertiary/aromatic N) is 5. The summed E-state index contributed by atoms with van der Waals surface area (Å²) in [7, 11) is 0. The van der Waals surface area contributed by atoms with Crippen LogP contribution in [0, 0.1) is 0 Å². The first-order valence-corrected chi connectivity index (χ1v) is 9.69. The lowest BCUT2D eigenvalue weighted by Crippen LogP contribution is -2.37. The first kappa shape index (κ1) is 20.3. The molecular weight excluding hydrogens is 396 g/mol. The molecular formula is C24H19F2N5. The Morgan fingerprint density at radius 3 is 1.68 bits per heavy atom. The average Bonchev–Trinajstić information content (AvgIpc) is 3.32. The van der Waals surface area contributed by atoms with Gasteiger partial charge in [0.25, 0.3) is 5.92 Å². The van der Waals surface area contributed by atoms with Crippen LogP contribution in [0.4, 0.5) is 8.78 Å². The Morgan fingerprint density at radius 2 is 1.26 bits per heavy atom. The van der Waals surface area contributed by atoms with E-state index in [1.807, 2.05) is 91.0 Å². The van der Waals surface area contributed by atoms with Gasteiger partial charge in [0.15, 0.2) is 0 Å². The van der Waals surface area contributed by atoms with Crippen molar-refractivity contribution >= 4 is 0 Å². The number of hydrogen-bond donors (Lipinski definition) is 0. The van der Waals surface area contributed by atoms with Gasteiger partial charge < -0.3 is 4.57 Å². The van der Waals surface area contributed by atoms with Crippen molar-refractivity contribution < 1.29 is 8.78 Å². The molecule has 0 spiro atoms. The van der Waals surface area contributed by atoms with Crippen LogP contribution in [0.3, 0.4) is 0 Å². The number of benzene rings is 3. The third-order valence-corrected chi connectivity index (χ3v) is 5.25. The second-order valence-electron chi connectivity index (χ2n) is 7.07. The van der Waals surface area contributed by atoms with Crippen LogP contribution in [0.5, 0.6) is 0 Å². The van der Waals surface area contributed by atoms with Crippen molar-refractivity contribution in [2.45, 2.75) is 11.5 Å². The predicted molar refractivity (Wildman–Crippen MR) is 115 cm³/mol. The highest BCUT2D eigenvalue weighted by atomic mass is 19.3. The number of halogens is 2. The van der Waals surface area contributed by atoms with Gasteiger partial charge in [-0.2, -0.15) is 8.78 Å². The maximum atomic E-state index is 14.6. The minimum atomic E-state index is -3.38. The Hall–Kier alpha value is -3.96. The number of rotatable bonds is 7. The maximum absolute atomic E-state index is 14.6. The molecule has 1 aromatic heterocycles. The SMILES string of the molecule is [N-]=[N+]=NCC(F)(F)c1cn(C(c2ccccc2)(c2ccccc2)c2ccccc2)cn1. The van der Waals surface area contributed by atoms with Gasteiger partial charge in [-0.25, -0.2) is 4.98 Å². The van der Waals surface area contributed by atoms with Gasteiger partial charge in [-0.3, -0.25) is 0 Å². The molecule has 3 aromatic carbocycles. The number of aromatic nitrogens is 2. The van der Waals surface area contributed by atoms with Crippen LogP contribution in [0.25, 0.3) is 10.4 Å². The van der Waals surface area contributed by atoms with Crippen LogP contribution in [0.1, 0.15) is 22.4 Å². The van der Waals surface area contributed by atoms with Gasteiger partial charge in [-0.05, 0) is 22.2 Å². The zero-order valence-corrected chi connectivity index (χ0v) is 16.5. The van der Waals surface area contributed by atoms with E-state index in [2.05, 4.69) is 15.0 Å². The zero-order chi connectivity index (χ0) is 21.7. The van der Waals surface area contributed by atoms with Crippen molar-refractivity contribution in [2.24, 2.45) is 5.11 Å². The maximum Gasteiger partial charge on any atom is 0.296 e. The summed E-state index contributed by atoms with van der Waals surface area (Å²) in [6, 6.07) is 29.1. The first-order valence-electron chi connectivity index (χ1n) is 9.69. The van der Waals surface area contributed by atoms with Crippen molar-refractivity contribution in [1.82, 2.24) is 9.55 Å². The molecule has 0 N–H and O–H groups in total. The lowest BCUT2D eigenvalue weighted by molar-refractivity contribution is 0.00179. The third-order valence-electron chi connectivity index (χ3n) is 5.25. The largest absolute Gasteiger partial charge is 0.318 e. The number of alkyl halides is 2. The molecule has 0 atom stereocenters. The fourth-order valence-corrected chi connectivity index (χ4v) is 3.88. The van der Waals surface area contributed by atoms with E-state index in [1.54, 1.807) is 4.57 Å². The Balaban J connectivity index is 2.01. The van der Waals surface area contributed by atoms with Crippen molar-refractivity contribution in [3.63, 3.8) is 0 Å². The number of azide groups is 1. The molecule has 0 radical (unpaired) electrons. The molecule has 7 heteroatoms. The summed E-state index contributed by atoms with van der Waals surface area (Å²) in [4.78, 5) is 6.47. The molecule has 0 aliphatic heterocycles. The lowest BCUT2D eigenvalue weighted by Gasteiger charge is -2.37. The molecule has 0 unspecified atom stereocenters. The molecule has 0 saturated heterocycles. The summed E-state index contributed by atoms with van der Waals surface area (Å²) in [6.07, 6.45) is 2.74. The smallest absolute Gasteiger partial charge is 0.296 e. The highest BCUT2D eigenvalue weighted by molar-refractivity contribution is 5.50. The number of hydrogen-bond acceptors (Lipinski definition) is 2. The fourth-order valence-electron chi connectivity index (χ4n) is 3.88. The quantitative estimate of drug-likeness (QED) is 0.155. The third kappa shape index (κ3) is 3.67. The Morgan fingerprint density at radius 1 is 0.806 bits per heavy atom. The Kier molecular flexibility index (Phi) is 5.52. The van der Waals surface area contributed by atoms with Gasteiger partial charge in [-0.1, -0.05) is 96.1 Å². The summed E-state index contributed by atoms with van der Waals surface area (Å²) in [5.74, 6) is -3.38. The van der Waals surface area contributed by atoms with E-state index in [9.17, 15) is 8.78 Å². The zero-order valence-electron chi connectivity index (χ0n) is 16.5. The van der Waals surface area contributed by atoms with Gasteiger partial charge in [0.2, 0.25) is 0 Å². The topological polar surface area (TPSA) is 66.6 Å². The van der Waals surface area contributed by atoms with E-state index in [4.69, 9.17) is 5.53 Å². The molecule has 1 heterocycles. The van der Waals surface area contributed by atoms with E-state index in [-0.39, 0.29) is 0 Å². The average molecular weight is 415 g/mol. The molecule has 0 aliphatic carbocycles. The molecule has 0 aliphatic rings. The summed E-state index contributed by atoms with van der Waals surface area (Å²) in [5, 5.41) is 3.05. The van der Waals surface area contributed by atoms with Gasteiger partial charge in [0.1, 0.15) is 11.2 Å². The summed E-state index contributed by atoms with van der Waals surface area (Å²) in [6.45, 7) is -0.991. The van der Waals surface area contributed by atoms with Gasteiger partial charge in [-0.15, -0.1) is 0 Å². The highest BCUT2D eigenvalue weighted by Crippen LogP contribution is 2.41. The van der Waals surface area contributed by atoms with Crippen LogP contribution in [-0.4, -0.2) is 16.1 Å². The molecule has 4 rings (SSSR count). The van der Waals surface area contributed by atoms with Crippen LogP contribution < -0.4 is 0 Å². The standard InChI is InChI=1S/C24H19F2N5/c25-23(26,17-29-30-27)22-16-31(18-28-22)24(19-10-4-1-5-11-19,20-12-6-2-7-13-20)21-14-8-3-9-15-21/h1-16,18H,17H2. The minimum absolute atomic E-state index is 0.452. The number of imidazole rings is 1. The summed E-state index contributed by atoms with van der Waals surface area (Å²) in [5.41, 5.74) is 9.77. The van der Waals surface area contributed by atoms with Gasteiger partial charge >= 0.3 is 0 Å². The molecule has 0 amide bonds. The Bertz CT molecular complexity index is 1090. The highest BCUT2D eigenvalue weighted by Gasteiger charge is 2.41. The van der Waals surface area contributed by atoms with E-state index < -0.39 is 23.7 Å². The van der Waals surface area contributed by atoms with Crippen LogP contribution in [-0.2, 0) is 11.5 Å². The second-order valence-corrected chi connectivity index (χ2v) is 7.07. The Labute approximate surface area is 178 Å². The fraction of sp³-hybridized carbons (Fsp3) is 0.125. The van der Waals surface area contributed by atoms with Crippen molar-refractivity contribution in [2.75, 3.05) is 6.54 Å². The van der Waals surface area contributed by atoms with Crippen molar-refractivity contribution in [3.8, 4) is 0 Å². The normalized spacial score (nSPS) is 11.7. The van der Waals surface area contributed by atoms with Crippen LogP contribution in [0.2, 0.25) is 0 Å². The second kappa shape index (κ2) is 8.42. The summed E-state index contributed by atoms with van der Waals surface area (Å²) < 4.78 is 30.9. The van der Waals surface area contributed by atoms with Crippen LogP contribution >= 0.6 is 0 Å². The minimum Gasteiger partial charge on any atom is -0.318 e. The monoisotopic (exact) mass is 415 g/mol. The molecule has 0 fully saturated rings. The summed E-state index contributed by atoms with van der Waals surface area (Å²) >= 11 is 0. The molecule has 5 nitrogen and oxygen atoms in total. The first-order chi connectivity index (χ1) is 15.1. The van der Waals surface area contributed by atoms with E-state index in [0.717, 1.165) is 16.7 Å². The van der Waals surface area contributed by atoms with E-state index in [0.29, 0.717) is 0 Å². The van der Waals surface area contributed by atoms with Gasteiger partial charge in [0, 0.05) is 11.1 Å². The van der Waals surface area contributed by atoms with E-state index >= 15 is 0 Å². The molecule has 31 heavy (non-hydrogen) atoms. The molecule has 154 valence electrons. The molecule has 0 bridgehead atoms. The van der Waals surface area contributed by atoms with Crippen molar-refractivity contribution in [3.05, 3.63) is 136 Å².